The molecule has 0 saturated carbocycles. The predicted octanol–water partition coefficient (Wildman–Crippen LogP) is 2.40. The zero-order valence-electron chi connectivity index (χ0n) is 13.4. The molecule has 24 heavy (non-hydrogen) atoms. The summed E-state index contributed by atoms with van der Waals surface area (Å²) in [5.41, 5.74) is 0.826. The van der Waals surface area contributed by atoms with E-state index in [2.05, 4.69) is 26.8 Å². The van der Waals surface area contributed by atoms with Crippen molar-refractivity contribution in [3.8, 4) is 11.4 Å². The summed E-state index contributed by atoms with van der Waals surface area (Å²) in [6.45, 7) is 7.91. The lowest BCUT2D eigenvalue weighted by atomic mass is 10.2. The van der Waals surface area contributed by atoms with Crippen LogP contribution in [0.5, 0.6) is 0 Å². The third-order valence-corrected chi connectivity index (χ3v) is 3.94. The molecule has 0 unspecified atom stereocenters. The van der Waals surface area contributed by atoms with Gasteiger partial charge in [0.15, 0.2) is 11.0 Å². The molecule has 0 spiro atoms. The number of nitrogens with zero attached hydrogens (tertiary/aromatic N) is 3. The number of furan rings is 1. The number of rotatable bonds is 7. The van der Waals surface area contributed by atoms with Crippen LogP contribution < -0.4 is 5.32 Å². The maximum atomic E-state index is 11.7. The van der Waals surface area contributed by atoms with Gasteiger partial charge in [0.2, 0.25) is 5.91 Å². The molecular formula is C15H18N4O4S. The lowest BCUT2D eigenvalue weighted by molar-refractivity contribution is -0.117. The van der Waals surface area contributed by atoms with E-state index in [4.69, 9.17) is 4.42 Å². The topological polar surface area (TPSA) is 99.2 Å². The number of carbonyl (C=O) groups is 2. The molecule has 2 aromatic rings. The van der Waals surface area contributed by atoms with Gasteiger partial charge in [0.1, 0.15) is 5.76 Å². The van der Waals surface area contributed by atoms with Crippen molar-refractivity contribution >= 4 is 23.8 Å². The van der Waals surface area contributed by atoms with Crippen LogP contribution in [-0.2, 0) is 16.1 Å². The first-order valence-electron chi connectivity index (χ1n) is 7.24. The van der Waals surface area contributed by atoms with Gasteiger partial charge in [-0.2, -0.15) is 0 Å². The number of imide groups is 1. The van der Waals surface area contributed by atoms with E-state index in [-0.39, 0.29) is 12.4 Å². The minimum atomic E-state index is -0.759. The highest BCUT2D eigenvalue weighted by Crippen LogP contribution is 2.26. The van der Waals surface area contributed by atoms with Crippen molar-refractivity contribution in [1.29, 1.82) is 0 Å². The van der Waals surface area contributed by atoms with Gasteiger partial charge in [0.05, 0.1) is 24.2 Å². The van der Waals surface area contributed by atoms with E-state index >= 15 is 0 Å². The quantitative estimate of drug-likeness (QED) is 0.604. The highest BCUT2D eigenvalue weighted by molar-refractivity contribution is 7.99. The predicted molar refractivity (Wildman–Crippen MR) is 88.5 cm³/mol. The Morgan fingerprint density at radius 2 is 2.29 bits per heavy atom. The van der Waals surface area contributed by atoms with E-state index in [0.717, 1.165) is 11.3 Å². The minimum Gasteiger partial charge on any atom is -0.469 e. The number of alkyl carbamates (subject to hydrolysis) is 1. The van der Waals surface area contributed by atoms with Gasteiger partial charge in [-0.3, -0.25) is 14.7 Å². The third kappa shape index (κ3) is 4.25. The lowest BCUT2D eigenvalue weighted by Gasteiger charge is -2.07. The van der Waals surface area contributed by atoms with Gasteiger partial charge in [-0.05, 0) is 19.9 Å². The molecule has 0 aliphatic heterocycles. The van der Waals surface area contributed by atoms with Gasteiger partial charge < -0.3 is 9.15 Å². The summed E-state index contributed by atoms with van der Waals surface area (Å²) < 4.78 is 11.8. The number of thioether (sulfide) groups is 1. The SMILES string of the molecule is C=CCn1c(SCC(=O)NC(=O)OCC)nnc1-c1ccoc1C. The summed E-state index contributed by atoms with van der Waals surface area (Å²) in [5.74, 6) is 0.907. The zero-order chi connectivity index (χ0) is 17.5. The normalized spacial score (nSPS) is 10.4. The average molecular weight is 350 g/mol. The van der Waals surface area contributed by atoms with Crippen LogP contribution in [0, 0.1) is 6.92 Å². The van der Waals surface area contributed by atoms with Crippen LogP contribution in [0.2, 0.25) is 0 Å². The number of amides is 2. The molecule has 0 aliphatic carbocycles. The van der Waals surface area contributed by atoms with Gasteiger partial charge in [-0.15, -0.1) is 16.8 Å². The third-order valence-electron chi connectivity index (χ3n) is 2.98. The molecule has 0 fully saturated rings. The second-order valence-corrected chi connectivity index (χ2v) is 5.60. The molecule has 2 aromatic heterocycles. The summed E-state index contributed by atoms with van der Waals surface area (Å²) in [5, 5.41) is 11.0. The van der Waals surface area contributed by atoms with E-state index in [1.54, 1.807) is 25.3 Å². The molecule has 8 nitrogen and oxygen atoms in total. The van der Waals surface area contributed by atoms with Gasteiger partial charge in [0, 0.05) is 6.54 Å². The fourth-order valence-electron chi connectivity index (χ4n) is 1.95. The van der Waals surface area contributed by atoms with Crippen LogP contribution in [0.4, 0.5) is 4.79 Å². The molecule has 0 saturated heterocycles. The number of aryl methyl sites for hydroxylation is 1. The Labute approximate surface area is 143 Å². The molecule has 0 atom stereocenters. The average Bonchev–Trinajstić information content (AvgIpc) is 3.12. The summed E-state index contributed by atoms with van der Waals surface area (Å²) >= 11 is 1.17. The molecule has 2 rings (SSSR count). The maximum absolute atomic E-state index is 11.7. The Bertz CT molecular complexity index is 738. The Morgan fingerprint density at radius 1 is 1.50 bits per heavy atom. The monoisotopic (exact) mass is 350 g/mol. The molecule has 0 bridgehead atoms. The first-order valence-corrected chi connectivity index (χ1v) is 8.23. The molecule has 1 N–H and O–H groups in total. The van der Waals surface area contributed by atoms with Crippen LogP contribution in [-0.4, -0.2) is 39.1 Å². The standard InChI is InChI=1S/C15H18N4O4S/c1-4-7-19-13(11-6-8-23-10(11)3)17-18-14(19)24-9-12(20)16-15(21)22-5-2/h4,6,8H,1,5,7,9H2,2-3H3,(H,16,20,21). The van der Waals surface area contributed by atoms with Crippen LogP contribution in [0.25, 0.3) is 11.4 Å². The van der Waals surface area contributed by atoms with Gasteiger partial charge in [-0.1, -0.05) is 17.8 Å². The van der Waals surface area contributed by atoms with E-state index < -0.39 is 12.0 Å². The summed E-state index contributed by atoms with van der Waals surface area (Å²) in [6.07, 6.45) is 2.53. The smallest absolute Gasteiger partial charge is 0.413 e. The Hall–Kier alpha value is -2.55. The molecule has 128 valence electrons. The van der Waals surface area contributed by atoms with E-state index in [1.165, 1.54) is 11.8 Å². The maximum Gasteiger partial charge on any atom is 0.413 e. The highest BCUT2D eigenvalue weighted by atomic mass is 32.2. The fraction of sp³-hybridized carbons (Fsp3) is 0.333. The Kier molecular flexibility index (Phi) is 6.19. The van der Waals surface area contributed by atoms with Crippen molar-refractivity contribution in [3.05, 3.63) is 30.7 Å². The molecule has 2 amide bonds. The largest absolute Gasteiger partial charge is 0.469 e. The minimum absolute atomic E-state index is 0.0124. The first kappa shape index (κ1) is 17.8. The van der Waals surface area contributed by atoms with Crippen molar-refractivity contribution in [2.24, 2.45) is 0 Å². The number of carbonyl (C=O) groups excluding carboxylic acids is 2. The second kappa shape index (κ2) is 8.34. The number of hydrogen-bond donors (Lipinski definition) is 1. The number of hydrogen-bond acceptors (Lipinski definition) is 7. The Balaban J connectivity index is 2.09. The lowest BCUT2D eigenvalue weighted by Crippen LogP contribution is -2.32. The van der Waals surface area contributed by atoms with E-state index in [0.29, 0.717) is 17.5 Å². The Morgan fingerprint density at radius 3 is 2.92 bits per heavy atom. The van der Waals surface area contributed by atoms with E-state index in [1.807, 2.05) is 11.5 Å². The van der Waals surface area contributed by atoms with Gasteiger partial charge >= 0.3 is 6.09 Å². The molecule has 2 heterocycles. The summed E-state index contributed by atoms with van der Waals surface area (Å²) in [7, 11) is 0. The first-order chi connectivity index (χ1) is 11.6. The molecule has 0 radical (unpaired) electrons. The molecular weight excluding hydrogens is 332 g/mol. The number of nitrogens with one attached hydrogen (secondary N) is 1. The van der Waals surface area contributed by atoms with E-state index in [9.17, 15) is 9.59 Å². The second-order valence-electron chi connectivity index (χ2n) is 4.65. The molecule has 9 heteroatoms. The number of allylic oxidation sites excluding steroid dienone is 1. The highest BCUT2D eigenvalue weighted by Gasteiger charge is 2.18. The van der Waals surface area contributed by atoms with Gasteiger partial charge in [-0.25, -0.2) is 4.79 Å². The zero-order valence-corrected chi connectivity index (χ0v) is 14.3. The van der Waals surface area contributed by atoms with Crippen LogP contribution >= 0.6 is 11.8 Å². The number of aromatic nitrogens is 3. The summed E-state index contributed by atoms with van der Waals surface area (Å²) in [6, 6.07) is 1.81. The summed E-state index contributed by atoms with van der Waals surface area (Å²) in [4.78, 5) is 22.9. The van der Waals surface area contributed by atoms with Crippen molar-refractivity contribution in [3.63, 3.8) is 0 Å². The van der Waals surface area contributed by atoms with Crippen LogP contribution in [0.15, 0.2) is 34.6 Å². The fourth-order valence-corrected chi connectivity index (χ4v) is 2.70. The van der Waals surface area contributed by atoms with Gasteiger partial charge in [0.25, 0.3) is 0 Å². The molecule has 0 aliphatic rings. The van der Waals surface area contributed by atoms with Crippen molar-refractivity contribution in [1.82, 2.24) is 20.1 Å². The molecule has 0 aromatic carbocycles. The van der Waals surface area contributed by atoms with Crippen LogP contribution in [0.1, 0.15) is 12.7 Å². The van der Waals surface area contributed by atoms with Crippen molar-refractivity contribution in [2.75, 3.05) is 12.4 Å². The number of ether oxygens (including phenoxy) is 1. The van der Waals surface area contributed by atoms with Crippen molar-refractivity contribution in [2.45, 2.75) is 25.5 Å². The van der Waals surface area contributed by atoms with Crippen LogP contribution in [0.3, 0.4) is 0 Å². The van der Waals surface area contributed by atoms with Crippen molar-refractivity contribution < 1.29 is 18.7 Å².